The van der Waals surface area contributed by atoms with Crippen LogP contribution in [0.2, 0.25) is 0 Å². The van der Waals surface area contributed by atoms with Gasteiger partial charge in [-0.2, -0.15) is 0 Å². The fraction of sp³-hybridized carbons (Fsp3) is 0.304. The maximum Gasteiger partial charge on any atom is 0.290 e. The Balaban J connectivity index is 2.16. The molecule has 0 aromatic heterocycles. The normalized spacial score (nSPS) is 18.2. The van der Waals surface area contributed by atoms with E-state index in [1.54, 1.807) is 44.4 Å². The molecule has 1 N–H and O–H groups in total. The molecule has 1 aliphatic heterocycles. The topological polar surface area (TPSA) is 85.3 Å². The van der Waals surface area contributed by atoms with Gasteiger partial charge in [-0.15, -0.1) is 0 Å². The van der Waals surface area contributed by atoms with Crippen molar-refractivity contribution in [3.8, 4) is 17.2 Å². The quantitative estimate of drug-likeness (QED) is 0.717. The van der Waals surface area contributed by atoms with Gasteiger partial charge >= 0.3 is 0 Å². The third-order valence-corrected chi connectivity index (χ3v) is 5.28. The van der Waals surface area contributed by atoms with Gasteiger partial charge in [0, 0.05) is 19.0 Å². The fourth-order valence-electron chi connectivity index (χ4n) is 3.76. The summed E-state index contributed by atoms with van der Waals surface area (Å²) in [5, 5.41) is 10.4. The number of methoxy groups -OCH3 is 3. The molecule has 7 heteroatoms. The number of aliphatic hydroxyl groups is 1. The van der Waals surface area contributed by atoms with Crippen molar-refractivity contribution in [1.29, 1.82) is 0 Å². The first-order valence-corrected chi connectivity index (χ1v) is 9.53. The van der Waals surface area contributed by atoms with Crippen LogP contribution in [0.15, 0.2) is 54.3 Å². The molecule has 158 valence electrons. The monoisotopic (exact) mass is 411 g/mol. The van der Waals surface area contributed by atoms with Crippen LogP contribution < -0.4 is 14.2 Å². The molecule has 0 radical (unpaired) electrons. The molecule has 1 aliphatic rings. The average Bonchev–Trinajstić information content (AvgIpc) is 3.03. The number of Topliss-reactive ketones (excluding diaryl/α,β-unsaturated/α-hetero) is 1. The number of carbonyl (C=O) groups is 2. The van der Waals surface area contributed by atoms with Crippen molar-refractivity contribution in [2.45, 2.75) is 25.4 Å². The second kappa shape index (κ2) is 8.49. The smallest absolute Gasteiger partial charge is 0.290 e. The molecule has 0 aliphatic carbocycles. The van der Waals surface area contributed by atoms with Crippen LogP contribution in [0.1, 0.15) is 24.5 Å². The van der Waals surface area contributed by atoms with Crippen LogP contribution in [0.25, 0.3) is 0 Å². The van der Waals surface area contributed by atoms with E-state index in [4.69, 9.17) is 14.2 Å². The Morgan fingerprint density at radius 1 is 1.03 bits per heavy atom. The molecule has 2 aromatic carbocycles. The van der Waals surface area contributed by atoms with Gasteiger partial charge in [0.15, 0.2) is 23.0 Å². The highest BCUT2D eigenvalue weighted by Gasteiger charge is 2.51. The highest BCUT2D eigenvalue weighted by molar-refractivity contribution is 6.04. The molecule has 1 heterocycles. The van der Waals surface area contributed by atoms with Crippen molar-refractivity contribution >= 4 is 11.7 Å². The summed E-state index contributed by atoms with van der Waals surface area (Å²) >= 11 is 0. The zero-order valence-corrected chi connectivity index (χ0v) is 17.5. The van der Waals surface area contributed by atoms with Crippen molar-refractivity contribution < 1.29 is 28.9 Å². The summed E-state index contributed by atoms with van der Waals surface area (Å²) in [4.78, 5) is 27.6. The number of aliphatic hydroxyl groups excluding tert-OH is 1. The van der Waals surface area contributed by atoms with Gasteiger partial charge in [-0.1, -0.05) is 25.1 Å². The van der Waals surface area contributed by atoms with E-state index in [0.29, 0.717) is 22.8 Å². The first-order valence-electron chi connectivity index (χ1n) is 9.53. The van der Waals surface area contributed by atoms with Crippen molar-refractivity contribution in [3.05, 3.63) is 65.4 Å². The number of rotatable bonds is 8. The van der Waals surface area contributed by atoms with Gasteiger partial charge in [0.2, 0.25) is 0 Å². The molecule has 0 spiro atoms. The lowest BCUT2D eigenvalue weighted by Gasteiger charge is -2.37. The van der Waals surface area contributed by atoms with Gasteiger partial charge in [-0.3, -0.25) is 9.59 Å². The first-order chi connectivity index (χ1) is 14.4. The van der Waals surface area contributed by atoms with E-state index in [9.17, 15) is 14.7 Å². The molecule has 1 unspecified atom stereocenters. The molecule has 0 fully saturated rings. The zero-order chi connectivity index (χ0) is 21.9. The van der Waals surface area contributed by atoms with Gasteiger partial charge in [0.25, 0.3) is 5.91 Å². The van der Waals surface area contributed by atoms with E-state index in [0.717, 1.165) is 5.56 Å². The summed E-state index contributed by atoms with van der Waals surface area (Å²) in [6.07, 6.45) is 1.49. The third kappa shape index (κ3) is 3.47. The van der Waals surface area contributed by atoms with E-state index >= 15 is 0 Å². The van der Waals surface area contributed by atoms with Gasteiger partial charge in [0.05, 0.1) is 21.3 Å². The minimum Gasteiger partial charge on any atom is -0.503 e. The average molecular weight is 411 g/mol. The van der Waals surface area contributed by atoms with Gasteiger partial charge in [-0.25, -0.2) is 0 Å². The van der Waals surface area contributed by atoms with Gasteiger partial charge < -0.3 is 24.2 Å². The predicted molar refractivity (Wildman–Crippen MR) is 111 cm³/mol. The molecule has 0 saturated carbocycles. The van der Waals surface area contributed by atoms with Crippen LogP contribution in [-0.2, 0) is 21.7 Å². The summed E-state index contributed by atoms with van der Waals surface area (Å²) in [5.74, 6) is 0.248. The van der Waals surface area contributed by atoms with E-state index in [1.165, 1.54) is 25.2 Å². The van der Waals surface area contributed by atoms with Gasteiger partial charge in [-0.05, 0) is 35.4 Å². The highest BCUT2D eigenvalue weighted by Crippen LogP contribution is 2.43. The highest BCUT2D eigenvalue weighted by atomic mass is 16.5. The van der Waals surface area contributed by atoms with Crippen LogP contribution in [0, 0.1) is 0 Å². The van der Waals surface area contributed by atoms with E-state index < -0.39 is 17.2 Å². The van der Waals surface area contributed by atoms with Crippen LogP contribution in [0.3, 0.4) is 0 Å². The molecule has 0 saturated heterocycles. The Labute approximate surface area is 175 Å². The number of nitrogens with zero attached hydrogens (tertiary/aromatic N) is 1. The van der Waals surface area contributed by atoms with E-state index in [2.05, 4.69) is 0 Å². The Bertz CT molecular complexity index is 999. The second-order valence-corrected chi connectivity index (χ2v) is 6.89. The number of hydrogen-bond donors (Lipinski definition) is 1. The van der Waals surface area contributed by atoms with Crippen LogP contribution in [-0.4, -0.2) is 43.0 Å². The molecule has 1 atom stereocenters. The predicted octanol–water partition coefficient (Wildman–Crippen LogP) is 3.37. The van der Waals surface area contributed by atoms with Crippen molar-refractivity contribution in [1.82, 2.24) is 4.90 Å². The molecule has 2 aromatic rings. The Morgan fingerprint density at radius 3 is 2.40 bits per heavy atom. The number of ketones is 1. The summed E-state index contributed by atoms with van der Waals surface area (Å²) in [5.41, 5.74) is -0.190. The Morgan fingerprint density at radius 2 is 1.77 bits per heavy atom. The SMILES string of the molecule is CCC(=O)C1(c2ccc(OC)c(OC)c2)C=C(O)C(=O)N1Cc1cccc(OC)c1. The lowest BCUT2D eigenvalue weighted by molar-refractivity contribution is -0.141. The van der Waals surface area contributed by atoms with Crippen LogP contribution >= 0.6 is 0 Å². The third-order valence-electron chi connectivity index (χ3n) is 5.28. The van der Waals surface area contributed by atoms with E-state index in [1.807, 2.05) is 12.1 Å². The van der Waals surface area contributed by atoms with Crippen LogP contribution in [0.4, 0.5) is 0 Å². The standard InChI is InChI=1S/C23H25NO6/c1-5-21(26)23(16-9-10-19(29-3)20(12-16)30-4)13-18(25)22(27)24(23)14-15-7-6-8-17(11-15)28-2/h6-13,25H,5,14H2,1-4H3. The number of amides is 1. The summed E-state index contributed by atoms with van der Waals surface area (Å²) in [6.45, 7) is 1.83. The summed E-state index contributed by atoms with van der Waals surface area (Å²) in [7, 11) is 4.57. The molecular weight excluding hydrogens is 386 g/mol. The lowest BCUT2D eigenvalue weighted by atomic mass is 9.83. The number of hydrogen-bond acceptors (Lipinski definition) is 6. The molecule has 1 amide bonds. The first kappa shape index (κ1) is 21.2. The zero-order valence-electron chi connectivity index (χ0n) is 17.5. The Kier molecular flexibility index (Phi) is 6.01. The van der Waals surface area contributed by atoms with Crippen molar-refractivity contribution in [3.63, 3.8) is 0 Å². The largest absolute Gasteiger partial charge is 0.503 e. The fourth-order valence-corrected chi connectivity index (χ4v) is 3.76. The van der Waals surface area contributed by atoms with Crippen molar-refractivity contribution in [2.24, 2.45) is 0 Å². The minimum absolute atomic E-state index is 0.108. The van der Waals surface area contributed by atoms with Crippen LogP contribution in [0.5, 0.6) is 17.2 Å². The maximum absolute atomic E-state index is 13.3. The molecule has 3 rings (SSSR count). The maximum atomic E-state index is 13.3. The molecular formula is C23H25NO6. The number of benzene rings is 2. The van der Waals surface area contributed by atoms with Crippen molar-refractivity contribution in [2.75, 3.05) is 21.3 Å². The second-order valence-electron chi connectivity index (χ2n) is 6.89. The van der Waals surface area contributed by atoms with E-state index in [-0.39, 0.29) is 18.7 Å². The lowest BCUT2D eigenvalue weighted by Crippen LogP contribution is -2.49. The molecule has 0 bridgehead atoms. The number of carbonyl (C=O) groups excluding carboxylic acids is 2. The minimum atomic E-state index is -1.46. The summed E-state index contributed by atoms with van der Waals surface area (Å²) < 4.78 is 16.0. The number of ether oxygens (including phenoxy) is 3. The summed E-state index contributed by atoms with van der Waals surface area (Å²) in [6, 6.07) is 12.3. The molecule has 7 nitrogen and oxygen atoms in total. The van der Waals surface area contributed by atoms with Gasteiger partial charge in [0.1, 0.15) is 11.3 Å². The molecule has 30 heavy (non-hydrogen) atoms. The Hall–Kier alpha value is -3.48.